The quantitative estimate of drug-likeness (QED) is 0.932. The van der Waals surface area contributed by atoms with Gasteiger partial charge >= 0.3 is 12.1 Å². The Labute approximate surface area is 139 Å². The molecule has 2 heterocycles. The highest BCUT2D eigenvalue weighted by Crippen LogP contribution is 2.34. The molecule has 24 heavy (non-hydrogen) atoms. The predicted molar refractivity (Wildman–Crippen MR) is 85.5 cm³/mol. The van der Waals surface area contributed by atoms with E-state index in [0.717, 1.165) is 11.3 Å². The summed E-state index contributed by atoms with van der Waals surface area (Å²) in [5.41, 5.74) is 0.887. The number of ether oxygens (including phenoxy) is 1. The highest BCUT2D eigenvalue weighted by molar-refractivity contribution is 5.75. The van der Waals surface area contributed by atoms with Gasteiger partial charge in [0.25, 0.3) is 0 Å². The van der Waals surface area contributed by atoms with Crippen LogP contribution in [0.1, 0.15) is 23.0 Å². The lowest BCUT2D eigenvalue weighted by Crippen LogP contribution is -2.30. The van der Waals surface area contributed by atoms with Crippen LogP contribution in [0, 0.1) is 12.8 Å². The summed E-state index contributed by atoms with van der Waals surface area (Å²) in [7, 11) is 0. The van der Waals surface area contributed by atoms with Crippen molar-refractivity contribution in [1.82, 2.24) is 4.90 Å². The fraction of sp³-hybridized carbons (Fsp3) is 0.333. The van der Waals surface area contributed by atoms with E-state index in [4.69, 9.17) is 9.15 Å². The minimum atomic E-state index is -0.938. The smallest absolute Gasteiger partial charge is 0.410 e. The standard InChI is InChI=1S/C18H19NO5/c1-12-7-8-16(24-12)14-9-19(10-15(14)17(20)21)18(22)23-11-13-5-3-2-4-6-13/h2-8,14-15H,9-11H2,1H3,(H,20,21). The summed E-state index contributed by atoms with van der Waals surface area (Å²) in [6, 6.07) is 12.9. The Morgan fingerprint density at radius 2 is 1.96 bits per heavy atom. The van der Waals surface area contributed by atoms with Crippen LogP contribution < -0.4 is 0 Å². The lowest BCUT2D eigenvalue weighted by Gasteiger charge is -2.15. The molecule has 1 aromatic heterocycles. The number of aryl methyl sites for hydroxylation is 1. The molecule has 2 unspecified atom stereocenters. The summed E-state index contributed by atoms with van der Waals surface area (Å²) in [6.07, 6.45) is -0.504. The average molecular weight is 329 g/mol. The van der Waals surface area contributed by atoms with Gasteiger partial charge in [0.2, 0.25) is 0 Å². The fourth-order valence-electron chi connectivity index (χ4n) is 2.95. The summed E-state index contributed by atoms with van der Waals surface area (Å²) in [6.45, 7) is 2.36. The Kier molecular flexibility index (Phi) is 4.55. The van der Waals surface area contributed by atoms with Gasteiger partial charge in [-0.1, -0.05) is 30.3 Å². The Morgan fingerprint density at radius 3 is 2.58 bits per heavy atom. The number of benzene rings is 1. The van der Waals surface area contributed by atoms with Crippen LogP contribution in [0.4, 0.5) is 4.79 Å². The zero-order chi connectivity index (χ0) is 17.1. The number of aliphatic carboxylic acids is 1. The van der Waals surface area contributed by atoms with Crippen molar-refractivity contribution in [3.63, 3.8) is 0 Å². The van der Waals surface area contributed by atoms with Crippen molar-refractivity contribution < 1.29 is 23.8 Å². The molecule has 1 aliphatic heterocycles. The fourth-order valence-corrected chi connectivity index (χ4v) is 2.95. The third kappa shape index (κ3) is 3.42. The molecule has 0 aliphatic carbocycles. The van der Waals surface area contributed by atoms with Gasteiger partial charge < -0.3 is 19.2 Å². The minimum absolute atomic E-state index is 0.118. The molecule has 6 nitrogen and oxygen atoms in total. The number of carbonyl (C=O) groups is 2. The van der Waals surface area contributed by atoms with Crippen LogP contribution in [0.25, 0.3) is 0 Å². The molecule has 3 rings (SSSR count). The van der Waals surface area contributed by atoms with Crippen LogP contribution >= 0.6 is 0 Å². The first kappa shape index (κ1) is 16.1. The molecule has 2 aromatic rings. The van der Waals surface area contributed by atoms with Gasteiger partial charge in [0.05, 0.1) is 5.92 Å². The van der Waals surface area contributed by atoms with Crippen molar-refractivity contribution in [2.75, 3.05) is 13.1 Å². The van der Waals surface area contributed by atoms with Crippen molar-refractivity contribution in [3.8, 4) is 0 Å². The van der Waals surface area contributed by atoms with Gasteiger partial charge in [-0.3, -0.25) is 4.79 Å². The molecule has 0 radical (unpaired) electrons. The SMILES string of the molecule is Cc1ccc(C2CN(C(=O)OCc3ccccc3)CC2C(=O)O)o1. The number of likely N-dealkylation sites (tertiary alicyclic amines) is 1. The average Bonchev–Trinajstić information content (AvgIpc) is 3.20. The molecule has 1 saturated heterocycles. The zero-order valence-corrected chi connectivity index (χ0v) is 13.3. The van der Waals surface area contributed by atoms with Gasteiger partial charge in [-0.25, -0.2) is 4.79 Å². The maximum Gasteiger partial charge on any atom is 0.410 e. The van der Waals surface area contributed by atoms with Crippen LogP contribution in [0.3, 0.4) is 0 Å². The molecule has 1 amide bonds. The van der Waals surface area contributed by atoms with E-state index in [1.54, 1.807) is 19.1 Å². The molecule has 1 fully saturated rings. The lowest BCUT2D eigenvalue weighted by molar-refractivity contribution is -0.141. The molecule has 0 bridgehead atoms. The van der Waals surface area contributed by atoms with E-state index in [1.807, 2.05) is 30.3 Å². The Morgan fingerprint density at radius 1 is 1.21 bits per heavy atom. The van der Waals surface area contributed by atoms with Crippen molar-refractivity contribution in [2.24, 2.45) is 5.92 Å². The summed E-state index contributed by atoms with van der Waals surface area (Å²) in [5.74, 6) is -0.676. The number of carboxylic acids is 1. The number of rotatable bonds is 4. The van der Waals surface area contributed by atoms with Gasteiger partial charge in [0, 0.05) is 19.0 Å². The van der Waals surface area contributed by atoms with Crippen LogP contribution in [-0.2, 0) is 16.1 Å². The molecular formula is C18H19NO5. The van der Waals surface area contributed by atoms with Crippen molar-refractivity contribution in [2.45, 2.75) is 19.4 Å². The molecule has 1 aliphatic rings. The third-order valence-electron chi connectivity index (χ3n) is 4.23. The van der Waals surface area contributed by atoms with Gasteiger partial charge in [-0.2, -0.15) is 0 Å². The first-order valence-electron chi connectivity index (χ1n) is 7.79. The van der Waals surface area contributed by atoms with Crippen molar-refractivity contribution in [1.29, 1.82) is 0 Å². The number of furan rings is 1. The van der Waals surface area contributed by atoms with Gasteiger partial charge in [0.1, 0.15) is 18.1 Å². The molecule has 2 atom stereocenters. The number of carbonyl (C=O) groups excluding carboxylic acids is 1. The van der Waals surface area contributed by atoms with Crippen molar-refractivity contribution >= 4 is 12.1 Å². The van der Waals surface area contributed by atoms with E-state index in [9.17, 15) is 14.7 Å². The van der Waals surface area contributed by atoms with Gasteiger partial charge in [-0.05, 0) is 24.6 Å². The number of amides is 1. The molecule has 0 saturated carbocycles. The Bertz CT molecular complexity index is 724. The van der Waals surface area contributed by atoms with Gasteiger partial charge in [0.15, 0.2) is 0 Å². The van der Waals surface area contributed by atoms with Crippen LogP contribution in [-0.4, -0.2) is 35.2 Å². The minimum Gasteiger partial charge on any atom is -0.481 e. The van der Waals surface area contributed by atoms with E-state index < -0.39 is 18.0 Å². The summed E-state index contributed by atoms with van der Waals surface area (Å²) >= 11 is 0. The molecule has 6 heteroatoms. The lowest BCUT2D eigenvalue weighted by atomic mass is 9.94. The van der Waals surface area contributed by atoms with E-state index in [2.05, 4.69) is 0 Å². The number of carboxylic acid groups (broad SMARTS) is 1. The molecular weight excluding hydrogens is 310 g/mol. The Hall–Kier alpha value is -2.76. The second-order valence-electron chi connectivity index (χ2n) is 5.94. The number of hydrogen-bond acceptors (Lipinski definition) is 4. The maximum atomic E-state index is 12.2. The van der Waals surface area contributed by atoms with Crippen LogP contribution in [0.2, 0.25) is 0 Å². The van der Waals surface area contributed by atoms with Crippen molar-refractivity contribution in [3.05, 3.63) is 59.5 Å². The Balaban J connectivity index is 1.66. The maximum absolute atomic E-state index is 12.2. The second kappa shape index (κ2) is 6.78. The summed E-state index contributed by atoms with van der Waals surface area (Å²) < 4.78 is 10.9. The first-order chi connectivity index (χ1) is 11.5. The zero-order valence-electron chi connectivity index (χ0n) is 13.3. The molecule has 126 valence electrons. The number of hydrogen-bond donors (Lipinski definition) is 1. The van der Waals surface area contributed by atoms with Crippen LogP contribution in [0.5, 0.6) is 0 Å². The predicted octanol–water partition coefficient (Wildman–Crippen LogP) is 3.02. The van der Waals surface area contributed by atoms with Gasteiger partial charge in [-0.15, -0.1) is 0 Å². The number of nitrogens with zero attached hydrogens (tertiary/aromatic N) is 1. The highest BCUT2D eigenvalue weighted by atomic mass is 16.6. The molecule has 0 spiro atoms. The van der Waals surface area contributed by atoms with E-state index in [1.165, 1.54) is 4.90 Å². The normalized spacial score (nSPS) is 20.1. The van der Waals surface area contributed by atoms with E-state index in [-0.39, 0.29) is 25.6 Å². The largest absolute Gasteiger partial charge is 0.481 e. The summed E-state index contributed by atoms with van der Waals surface area (Å²) in [5, 5.41) is 9.44. The van der Waals surface area contributed by atoms with E-state index in [0.29, 0.717) is 5.76 Å². The monoisotopic (exact) mass is 329 g/mol. The molecule has 1 N–H and O–H groups in total. The summed E-state index contributed by atoms with van der Waals surface area (Å²) in [4.78, 5) is 25.2. The topological polar surface area (TPSA) is 80.0 Å². The second-order valence-corrected chi connectivity index (χ2v) is 5.94. The van der Waals surface area contributed by atoms with Crippen LogP contribution in [0.15, 0.2) is 46.9 Å². The first-order valence-corrected chi connectivity index (χ1v) is 7.79. The van der Waals surface area contributed by atoms with E-state index >= 15 is 0 Å². The highest BCUT2D eigenvalue weighted by Gasteiger charge is 2.42. The third-order valence-corrected chi connectivity index (χ3v) is 4.23. The molecule has 1 aromatic carbocycles.